The molecule has 7 nitrogen and oxygen atoms in total. The Labute approximate surface area is 167 Å². The molecule has 1 aromatic heterocycles. The third-order valence-corrected chi connectivity index (χ3v) is 6.35. The second kappa shape index (κ2) is 8.47. The molecule has 2 fully saturated rings. The quantitative estimate of drug-likeness (QED) is 0.812. The summed E-state index contributed by atoms with van der Waals surface area (Å²) in [5, 5.41) is 2.99. The molecule has 0 bridgehead atoms. The minimum Gasteiger partial charge on any atom is -0.354 e. The number of likely N-dealkylation sites (tertiary alicyclic amines) is 1. The van der Waals surface area contributed by atoms with Crippen molar-refractivity contribution in [3.8, 4) is 0 Å². The van der Waals surface area contributed by atoms with Gasteiger partial charge < -0.3 is 9.80 Å². The fourth-order valence-corrected chi connectivity index (χ4v) is 4.56. The van der Waals surface area contributed by atoms with E-state index in [9.17, 15) is 4.79 Å². The van der Waals surface area contributed by atoms with Crippen LogP contribution >= 0.6 is 0 Å². The van der Waals surface area contributed by atoms with Gasteiger partial charge in [0.25, 0.3) is 0 Å². The van der Waals surface area contributed by atoms with Crippen molar-refractivity contribution < 1.29 is 4.79 Å². The van der Waals surface area contributed by atoms with Crippen LogP contribution < -0.4 is 10.2 Å². The highest BCUT2D eigenvalue weighted by Gasteiger charge is 2.28. The lowest BCUT2D eigenvalue weighted by molar-refractivity contribution is 0.199. The normalized spacial score (nSPS) is 23.4. The molecule has 0 spiro atoms. The molecular weight excluding hydrogens is 352 g/mol. The summed E-state index contributed by atoms with van der Waals surface area (Å²) in [6.45, 7) is 10.0. The van der Waals surface area contributed by atoms with Crippen molar-refractivity contribution in [1.29, 1.82) is 0 Å². The van der Waals surface area contributed by atoms with Crippen LogP contribution in [0.1, 0.15) is 39.5 Å². The molecule has 28 heavy (non-hydrogen) atoms. The van der Waals surface area contributed by atoms with Crippen molar-refractivity contribution in [3.63, 3.8) is 0 Å². The Morgan fingerprint density at radius 2 is 1.96 bits per heavy atom. The number of piperidine rings is 1. The van der Waals surface area contributed by atoms with Gasteiger partial charge in [0, 0.05) is 51.4 Å². The maximum Gasteiger partial charge on any atom is 0.323 e. The van der Waals surface area contributed by atoms with Gasteiger partial charge in [0.15, 0.2) is 0 Å². The van der Waals surface area contributed by atoms with Crippen LogP contribution in [-0.2, 0) is 0 Å². The molecule has 3 heterocycles. The third kappa shape index (κ3) is 4.29. The number of allylic oxidation sites excluding steroid dienone is 1. The van der Waals surface area contributed by atoms with Crippen LogP contribution in [0, 0.1) is 5.92 Å². The van der Waals surface area contributed by atoms with E-state index >= 15 is 0 Å². The SMILES string of the molecule is CC(C)N1CCN(c2cc(NC(=O)N3CCC4CCCC=C4C3)ncn2)CC1. The van der Waals surface area contributed by atoms with Crippen molar-refractivity contribution in [2.24, 2.45) is 5.92 Å². The molecule has 0 aromatic carbocycles. The van der Waals surface area contributed by atoms with E-state index in [-0.39, 0.29) is 6.03 Å². The number of fused-ring (bicyclic) bond motifs is 1. The highest BCUT2D eigenvalue weighted by atomic mass is 16.2. The van der Waals surface area contributed by atoms with E-state index in [1.807, 2.05) is 11.0 Å². The number of rotatable bonds is 3. The highest BCUT2D eigenvalue weighted by molar-refractivity contribution is 5.89. The van der Waals surface area contributed by atoms with Crippen LogP contribution in [0.15, 0.2) is 24.0 Å². The molecular formula is C21H32N6O. The van der Waals surface area contributed by atoms with Crippen LogP contribution in [0.5, 0.6) is 0 Å². The summed E-state index contributed by atoms with van der Waals surface area (Å²) < 4.78 is 0. The summed E-state index contributed by atoms with van der Waals surface area (Å²) in [6.07, 6.45) is 8.69. The van der Waals surface area contributed by atoms with Gasteiger partial charge in [-0.05, 0) is 45.4 Å². The van der Waals surface area contributed by atoms with Gasteiger partial charge >= 0.3 is 6.03 Å². The predicted molar refractivity (Wildman–Crippen MR) is 112 cm³/mol. The molecule has 1 N–H and O–H groups in total. The average molecular weight is 385 g/mol. The van der Waals surface area contributed by atoms with Gasteiger partial charge in [-0.15, -0.1) is 0 Å². The number of amides is 2. The maximum atomic E-state index is 12.8. The molecule has 2 saturated heterocycles. The predicted octanol–water partition coefficient (Wildman–Crippen LogP) is 2.97. The topological polar surface area (TPSA) is 64.6 Å². The van der Waals surface area contributed by atoms with Crippen LogP contribution in [0.25, 0.3) is 0 Å². The summed E-state index contributed by atoms with van der Waals surface area (Å²) in [6, 6.07) is 2.42. The zero-order chi connectivity index (χ0) is 19.5. The fourth-order valence-electron chi connectivity index (χ4n) is 4.56. The Balaban J connectivity index is 1.36. The van der Waals surface area contributed by atoms with E-state index in [4.69, 9.17) is 0 Å². The fraction of sp³-hybridized carbons (Fsp3) is 0.667. The first-order chi connectivity index (χ1) is 13.6. The first-order valence-corrected chi connectivity index (χ1v) is 10.7. The molecule has 1 unspecified atom stereocenters. The van der Waals surface area contributed by atoms with Crippen molar-refractivity contribution in [1.82, 2.24) is 19.8 Å². The molecule has 1 aliphatic carbocycles. The molecule has 2 aliphatic heterocycles. The number of hydrogen-bond acceptors (Lipinski definition) is 5. The van der Waals surface area contributed by atoms with E-state index in [1.54, 1.807) is 6.33 Å². The molecule has 0 radical (unpaired) electrons. The smallest absolute Gasteiger partial charge is 0.323 e. The minimum absolute atomic E-state index is 0.0563. The summed E-state index contributed by atoms with van der Waals surface area (Å²) in [5.41, 5.74) is 1.44. The standard InChI is InChI=1S/C21H32N6O/c1-16(2)25-9-11-26(12-10-25)20-13-19(22-15-23-20)24-21(28)27-8-7-17-5-3-4-6-18(17)14-27/h6,13,15-17H,3-5,7-12,14H2,1-2H3,(H,22,23,24,28). The zero-order valence-electron chi connectivity index (χ0n) is 17.1. The van der Waals surface area contributed by atoms with Crippen molar-refractivity contribution in [2.45, 2.75) is 45.6 Å². The number of hydrogen-bond donors (Lipinski definition) is 1. The lowest BCUT2D eigenvalue weighted by Gasteiger charge is -2.37. The van der Waals surface area contributed by atoms with E-state index in [1.165, 1.54) is 18.4 Å². The largest absolute Gasteiger partial charge is 0.354 e. The van der Waals surface area contributed by atoms with E-state index in [0.29, 0.717) is 17.8 Å². The average Bonchev–Trinajstić information content (AvgIpc) is 2.73. The number of urea groups is 1. The highest BCUT2D eigenvalue weighted by Crippen LogP contribution is 2.32. The van der Waals surface area contributed by atoms with Gasteiger partial charge in [0.05, 0.1) is 0 Å². The molecule has 3 aliphatic rings. The number of aromatic nitrogens is 2. The summed E-state index contributed by atoms with van der Waals surface area (Å²) >= 11 is 0. The molecule has 2 amide bonds. The molecule has 7 heteroatoms. The summed E-state index contributed by atoms with van der Waals surface area (Å²) in [7, 11) is 0. The van der Waals surface area contributed by atoms with E-state index < -0.39 is 0 Å². The van der Waals surface area contributed by atoms with Crippen LogP contribution in [0.3, 0.4) is 0 Å². The van der Waals surface area contributed by atoms with Crippen LogP contribution in [-0.4, -0.2) is 71.1 Å². The van der Waals surface area contributed by atoms with Gasteiger partial charge in [-0.2, -0.15) is 0 Å². The van der Waals surface area contributed by atoms with Crippen LogP contribution in [0.2, 0.25) is 0 Å². The first-order valence-electron chi connectivity index (χ1n) is 10.7. The van der Waals surface area contributed by atoms with Crippen molar-refractivity contribution >= 4 is 17.7 Å². The minimum atomic E-state index is -0.0563. The second-order valence-electron chi connectivity index (χ2n) is 8.43. The number of nitrogens with zero attached hydrogens (tertiary/aromatic N) is 5. The first kappa shape index (κ1) is 19.2. The van der Waals surface area contributed by atoms with Gasteiger partial charge in [-0.3, -0.25) is 10.2 Å². The monoisotopic (exact) mass is 384 g/mol. The molecule has 152 valence electrons. The Morgan fingerprint density at radius 3 is 2.75 bits per heavy atom. The van der Waals surface area contributed by atoms with Gasteiger partial charge in [0.2, 0.25) is 0 Å². The summed E-state index contributed by atoms with van der Waals surface area (Å²) in [4.78, 5) is 28.1. The van der Waals surface area contributed by atoms with E-state index in [0.717, 1.165) is 57.9 Å². The Hall–Kier alpha value is -2.15. The Bertz CT molecular complexity index is 725. The molecule has 1 aromatic rings. The van der Waals surface area contributed by atoms with Crippen molar-refractivity contribution in [2.75, 3.05) is 49.5 Å². The van der Waals surface area contributed by atoms with E-state index in [2.05, 4.69) is 45.0 Å². The Morgan fingerprint density at radius 1 is 1.14 bits per heavy atom. The number of nitrogens with one attached hydrogen (secondary N) is 1. The molecule has 1 atom stereocenters. The zero-order valence-corrected chi connectivity index (χ0v) is 17.1. The Kier molecular flexibility index (Phi) is 5.80. The van der Waals surface area contributed by atoms with Gasteiger partial charge in [-0.1, -0.05) is 11.6 Å². The summed E-state index contributed by atoms with van der Waals surface area (Å²) in [5.74, 6) is 2.16. The van der Waals surface area contributed by atoms with Gasteiger partial charge in [-0.25, -0.2) is 14.8 Å². The number of piperazine rings is 1. The molecule has 0 saturated carbocycles. The second-order valence-corrected chi connectivity index (χ2v) is 8.43. The number of carbonyl (C=O) groups excluding carboxylic acids is 1. The lowest BCUT2D eigenvalue weighted by Crippen LogP contribution is -2.49. The number of anilines is 2. The van der Waals surface area contributed by atoms with Crippen molar-refractivity contribution in [3.05, 3.63) is 24.0 Å². The number of carbonyl (C=O) groups is 1. The lowest BCUT2D eigenvalue weighted by atomic mass is 9.82. The van der Waals surface area contributed by atoms with Gasteiger partial charge in [0.1, 0.15) is 18.0 Å². The molecule has 4 rings (SSSR count). The van der Waals surface area contributed by atoms with Crippen LogP contribution in [0.4, 0.5) is 16.4 Å². The maximum absolute atomic E-state index is 12.8. The third-order valence-electron chi connectivity index (χ3n) is 6.35.